The van der Waals surface area contributed by atoms with E-state index in [1.165, 1.54) is 66.0 Å². The van der Waals surface area contributed by atoms with E-state index in [1.54, 1.807) is 0 Å². The van der Waals surface area contributed by atoms with E-state index in [9.17, 15) is 0 Å². The second kappa shape index (κ2) is 13.4. The normalized spacial score (nSPS) is 11.3. The van der Waals surface area contributed by atoms with Crippen LogP contribution >= 0.6 is 0 Å². The predicted octanol–water partition coefficient (Wildman–Crippen LogP) is 14.4. The van der Waals surface area contributed by atoms with Gasteiger partial charge in [-0.3, -0.25) is 0 Å². The van der Waals surface area contributed by atoms with Crippen LogP contribution < -0.4 is 4.90 Å². The van der Waals surface area contributed by atoms with Crippen molar-refractivity contribution in [1.29, 1.82) is 0 Å². The van der Waals surface area contributed by atoms with E-state index in [4.69, 9.17) is 0 Å². The molecule has 2 heteroatoms. The van der Waals surface area contributed by atoms with Crippen molar-refractivity contribution < 1.29 is 0 Å². The van der Waals surface area contributed by atoms with Crippen LogP contribution in [0.25, 0.3) is 71.6 Å². The van der Waals surface area contributed by atoms with Gasteiger partial charge in [-0.25, -0.2) is 0 Å². The second-order valence-corrected chi connectivity index (χ2v) is 13.7. The Labute approximate surface area is 315 Å². The molecule has 0 aliphatic carbocycles. The lowest BCUT2D eigenvalue weighted by Gasteiger charge is -2.28. The molecule has 254 valence electrons. The predicted molar refractivity (Wildman–Crippen MR) is 229 cm³/mol. The van der Waals surface area contributed by atoms with Crippen molar-refractivity contribution in [1.82, 2.24) is 4.57 Å². The average molecular weight is 689 g/mol. The first kappa shape index (κ1) is 31.6. The van der Waals surface area contributed by atoms with Crippen molar-refractivity contribution in [3.8, 4) is 39.1 Å². The smallest absolute Gasteiger partial charge is 0.0547 e. The quantitative estimate of drug-likeness (QED) is 0.162. The van der Waals surface area contributed by atoms with Gasteiger partial charge in [0.25, 0.3) is 0 Å². The van der Waals surface area contributed by atoms with Crippen LogP contribution in [0, 0.1) is 0 Å². The van der Waals surface area contributed by atoms with E-state index in [1.807, 2.05) is 0 Å². The summed E-state index contributed by atoms with van der Waals surface area (Å²) >= 11 is 0. The molecule has 10 rings (SSSR count). The fourth-order valence-corrected chi connectivity index (χ4v) is 8.12. The van der Waals surface area contributed by atoms with Gasteiger partial charge in [-0.05, 0) is 93.4 Å². The van der Waals surface area contributed by atoms with E-state index >= 15 is 0 Å². The third-order valence-electron chi connectivity index (χ3n) is 10.6. The van der Waals surface area contributed by atoms with Crippen LogP contribution in [-0.2, 0) is 0 Å². The Morgan fingerprint density at radius 1 is 0.315 bits per heavy atom. The van der Waals surface area contributed by atoms with Gasteiger partial charge in [0.05, 0.1) is 16.7 Å². The number of para-hydroxylation sites is 1. The molecule has 0 aliphatic rings. The Hall–Kier alpha value is -7.16. The van der Waals surface area contributed by atoms with Crippen LogP contribution in [0.4, 0.5) is 17.1 Å². The minimum atomic E-state index is 1.10. The summed E-state index contributed by atoms with van der Waals surface area (Å²) in [5.74, 6) is 0. The SMILES string of the molecule is c1ccc(-c2ccc(N(c3ccc4c(c3)c3c(-c5ccccc5)cccc3n4-c3ccccc3)c3ccc(-c4ccccc4)c4ccccc34)cc2)cc1. The molecule has 0 saturated carbocycles. The van der Waals surface area contributed by atoms with Crippen LogP contribution in [0.1, 0.15) is 0 Å². The Balaban J connectivity index is 1.24. The number of rotatable bonds is 7. The van der Waals surface area contributed by atoms with Gasteiger partial charge in [-0.1, -0.05) is 164 Å². The molecule has 0 spiro atoms. The molecule has 1 heterocycles. The maximum atomic E-state index is 2.43. The van der Waals surface area contributed by atoms with Crippen molar-refractivity contribution in [2.24, 2.45) is 0 Å². The molecule has 1 aromatic heterocycles. The maximum absolute atomic E-state index is 2.43. The van der Waals surface area contributed by atoms with Gasteiger partial charge < -0.3 is 9.47 Å². The van der Waals surface area contributed by atoms with E-state index < -0.39 is 0 Å². The summed E-state index contributed by atoms with van der Waals surface area (Å²) in [6.07, 6.45) is 0. The zero-order valence-electron chi connectivity index (χ0n) is 29.7. The summed E-state index contributed by atoms with van der Waals surface area (Å²) in [6, 6.07) is 78.9. The molecule has 0 unspecified atom stereocenters. The van der Waals surface area contributed by atoms with E-state index in [-0.39, 0.29) is 0 Å². The van der Waals surface area contributed by atoms with Crippen LogP contribution in [-0.4, -0.2) is 4.57 Å². The highest BCUT2D eigenvalue weighted by atomic mass is 15.1. The Kier molecular flexibility index (Phi) is 7.85. The first-order valence-corrected chi connectivity index (χ1v) is 18.5. The molecule has 54 heavy (non-hydrogen) atoms. The standard InChI is InChI=1S/C52H36N2/c1-5-16-37(17-6-1)38-28-30-42(31-29-38)53(49-35-33-44(39-18-7-2-8-19-39)46-24-13-14-25-47(46)49)43-32-34-50-48(36-43)52-45(40-20-9-3-10-21-40)26-15-27-51(52)54(50)41-22-11-4-12-23-41/h1-36H. The molecule has 0 atom stereocenters. The molecular weight excluding hydrogens is 653 g/mol. The minimum Gasteiger partial charge on any atom is -0.310 e. The van der Waals surface area contributed by atoms with Gasteiger partial charge in [0.15, 0.2) is 0 Å². The van der Waals surface area contributed by atoms with Crippen molar-refractivity contribution in [2.45, 2.75) is 0 Å². The van der Waals surface area contributed by atoms with Gasteiger partial charge in [0, 0.05) is 33.2 Å². The lowest BCUT2D eigenvalue weighted by atomic mass is 9.96. The van der Waals surface area contributed by atoms with E-state index in [2.05, 4.69) is 228 Å². The molecule has 0 aliphatic heterocycles. The highest BCUT2D eigenvalue weighted by Crippen LogP contribution is 2.45. The average Bonchev–Trinajstić information content (AvgIpc) is 3.59. The zero-order chi connectivity index (χ0) is 35.8. The second-order valence-electron chi connectivity index (χ2n) is 13.7. The lowest BCUT2D eigenvalue weighted by molar-refractivity contribution is 1.18. The largest absolute Gasteiger partial charge is 0.310 e. The van der Waals surface area contributed by atoms with Gasteiger partial charge in [-0.15, -0.1) is 0 Å². The topological polar surface area (TPSA) is 8.17 Å². The van der Waals surface area contributed by atoms with Gasteiger partial charge in [0.2, 0.25) is 0 Å². The number of aromatic nitrogens is 1. The highest BCUT2D eigenvalue weighted by molar-refractivity contribution is 6.17. The Bertz CT molecular complexity index is 2890. The summed E-state index contributed by atoms with van der Waals surface area (Å²) in [4.78, 5) is 2.43. The monoisotopic (exact) mass is 688 g/mol. The third kappa shape index (κ3) is 5.44. The van der Waals surface area contributed by atoms with Crippen molar-refractivity contribution in [2.75, 3.05) is 4.90 Å². The van der Waals surface area contributed by atoms with Crippen molar-refractivity contribution >= 4 is 49.6 Å². The Morgan fingerprint density at radius 3 is 1.56 bits per heavy atom. The number of fused-ring (bicyclic) bond motifs is 4. The molecule has 0 radical (unpaired) electrons. The summed E-state index contributed by atoms with van der Waals surface area (Å²) < 4.78 is 2.41. The van der Waals surface area contributed by atoms with E-state index in [0.717, 1.165) is 22.7 Å². The zero-order valence-corrected chi connectivity index (χ0v) is 29.7. The number of hydrogen-bond acceptors (Lipinski definition) is 1. The van der Waals surface area contributed by atoms with Crippen LogP contribution in [0.15, 0.2) is 218 Å². The van der Waals surface area contributed by atoms with Crippen LogP contribution in [0.2, 0.25) is 0 Å². The summed E-state index contributed by atoms with van der Waals surface area (Å²) in [5, 5.41) is 4.87. The number of benzene rings is 9. The fraction of sp³-hybridized carbons (Fsp3) is 0. The molecule has 0 saturated heterocycles. The summed E-state index contributed by atoms with van der Waals surface area (Å²) in [7, 11) is 0. The van der Waals surface area contributed by atoms with Crippen LogP contribution in [0.5, 0.6) is 0 Å². The van der Waals surface area contributed by atoms with Crippen LogP contribution in [0.3, 0.4) is 0 Å². The lowest BCUT2D eigenvalue weighted by Crippen LogP contribution is -2.10. The van der Waals surface area contributed by atoms with Gasteiger partial charge >= 0.3 is 0 Å². The molecule has 0 bridgehead atoms. The minimum absolute atomic E-state index is 1.10. The third-order valence-corrected chi connectivity index (χ3v) is 10.6. The number of anilines is 3. The molecule has 0 fully saturated rings. The maximum Gasteiger partial charge on any atom is 0.0547 e. The number of nitrogens with zero attached hydrogens (tertiary/aromatic N) is 2. The summed E-state index contributed by atoms with van der Waals surface area (Å²) in [6.45, 7) is 0. The molecule has 9 aromatic carbocycles. The fourth-order valence-electron chi connectivity index (χ4n) is 8.12. The molecule has 2 nitrogen and oxygen atoms in total. The van der Waals surface area contributed by atoms with E-state index in [0.29, 0.717) is 0 Å². The van der Waals surface area contributed by atoms with Crippen molar-refractivity contribution in [3.63, 3.8) is 0 Å². The molecular formula is C52H36N2. The van der Waals surface area contributed by atoms with Crippen molar-refractivity contribution in [3.05, 3.63) is 218 Å². The first-order chi connectivity index (χ1) is 26.8. The molecule has 10 aromatic rings. The molecule has 0 N–H and O–H groups in total. The van der Waals surface area contributed by atoms with Gasteiger partial charge in [0.1, 0.15) is 0 Å². The number of hydrogen-bond donors (Lipinski definition) is 0. The first-order valence-electron chi connectivity index (χ1n) is 18.5. The summed E-state index contributed by atoms with van der Waals surface area (Å²) in [5.41, 5.74) is 14.1. The van der Waals surface area contributed by atoms with Gasteiger partial charge in [-0.2, -0.15) is 0 Å². The molecule has 0 amide bonds. The Morgan fingerprint density at radius 2 is 0.870 bits per heavy atom. The highest BCUT2D eigenvalue weighted by Gasteiger charge is 2.21.